The molecule has 1 heterocycles. The van der Waals surface area contributed by atoms with Gasteiger partial charge in [0.15, 0.2) is 0 Å². The van der Waals surface area contributed by atoms with Gasteiger partial charge in [0, 0.05) is 22.1 Å². The summed E-state index contributed by atoms with van der Waals surface area (Å²) in [4.78, 5) is 37.8. The number of hydrogen-bond acceptors (Lipinski definition) is 3. The van der Waals surface area contributed by atoms with E-state index < -0.39 is 0 Å². The van der Waals surface area contributed by atoms with Gasteiger partial charge in [0.25, 0.3) is 11.8 Å². The van der Waals surface area contributed by atoms with E-state index in [0.29, 0.717) is 34.1 Å². The third-order valence-corrected chi connectivity index (χ3v) is 4.04. The highest BCUT2D eigenvalue weighted by atomic mass is 16.2. The third kappa shape index (κ3) is 1.89. The lowest BCUT2D eigenvalue weighted by atomic mass is 9.93. The van der Waals surface area contributed by atoms with Crippen molar-refractivity contribution >= 4 is 34.6 Å². The van der Waals surface area contributed by atoms with Crippen molar-refractivity contribution in [3.63, 3.8) is 0 Å². The highest BCUT2D eigenvalue weighted by Crippen LogP contribution is 2.32. The fourth-order valence-electron chi connectivity index (χ4n) is 3.00. The predicted octanol–water partition coefficient (Wildman–Crippen LogP) is 3.45. The number of nitrogens with zero attached hydrogens (tertiary/aromatic N) is 1. The van der Waals surface area contributed by atoms with Crippen molar-refractivity contribution in [1.29, 1.82) is 0 Å². The van der Waals surface area contributed by atoms with E-state index in [2.05, 4.69) is 0 Å². The molecule has 0 unspecified atom stereocenters. The zero-order valence-corrected chi connectivity index (χ0v) is 12.0. The molecule has 4 heteroatoms. The standard InChI is InChI=1S/C19H11NO3/c21-11-12-4-1-7-14(10-12)20-18(22)15-8-2-5-13-6-3-9-16(17(13)15)19(20)23/h1-11H. The second kappa shape index (κ2) is 4.88. The van der Waals surface area contributed by atoms with Crippen molar-refractivity contribution in [2.75, 3.05) is 4.90 Å². The molecule has 0 bridgehead atoms. The predicted molar refractivity (Wildman–Crippen MR) is 86.9 cm³/mol. The van der Waals surface area contributed by atoms with Gasteiger partial charge in [0.05, 0.1) is 5.69 Å². The van der Waals surface area contributed by atoms with Crippen LogP contribution in [0.3, 0.4) is 0 Å². The summed E-state index contributed by atoms with van der Waals surface area (Å²) < 4.78 is 0. The monoisotopic (exact) mass is 301 g/mol. The molecule has 1 aliphatic rings. The van der Waals surface area contributed by atoms with Crippen LogP contribution in [0.4, 0.5) is 5.69 Å². The van der Waals surface area contributed by atoms with Gasteiger partial charge in [-0.15, -0.1) is 0 Å². The van der Waals surface area contributed by atoms with E-state index in [1.54, 1.807) is 42.5 Å². The maximum absolute atomic E-state index is 12.8. The van der Waals surface area contributed by atoms with Crippen LogP contribution in [0, 0.1) is 0 Å². The maximum Gasteiger partial charge on any atom is 0.265 e. The van der Waals surface area contributed by atoms with Crippen molar-refractivity contribution < 1.29 is 14.4 Å². The zero-order valence-electron chi connectivity index (χ0n) is 12.0. The largest absolute Gasteiger partial charge is 0.298 e. The summed E-state index contributed by atoms with van der Waals surface area (Å²) in [5.41, 5.74) is 1.81. The van der Waals surface area contributed by atoms with Crippen LogP contribution in [0.5, 0.6) is 0 Å². The van der Waals surface area contributed by atoms with Gasteiger partial charge in [-0.3, -0.25) is 14.4 Å². The molecular formula is C19H11NO3. The van der Waals surface area contributed by atoms with E-state index >= 15 is 0 Å². The molecule has 4 nitrogen and oxygen atoms in total. The van der Waals surface area contributed by atoms with Gasteiger partial charge in [-0.25, -0.2) is 4.90 Å². The van der Waals surface area contributed by atoms with Gasteiger partial charge < -0.3 is 0 Å². The Morgan fingerprint density at radius 1 is 0.783 bits per heavy atom. The fourth-order valence-corrected chi connectivity index (χ4v) is 3.00. The minimum absolute atomic E-state index is 0.373. The fraction of sp³-hybridized carbons (Fsp3) is 0. The van der Waals surface area contributed by atoms with Gasteiger partial charge in [-0.2, -0.15) is 0 Å². The minimum Gasteiger partial charge on any atom is -0.298 e. The molecule has 0 N–H and O–H groups in total. The summed E-state index contributed by atoms with van der Waals surface area (Å²) >= 11 is 0. The first-order valence-electron chi connectivity index (χ1n) is 7.16. The molecule has 4 rings (SSSR count). The summed E-state index contributed by atoms with van der Waals surface area (Å²) in [7, 11) is 0. The molecule has 0 fully saturated rings. The first-order valence-corrected chi connectivity index (χ1v) is 7.16. The summed E-state index contributed by atoms with van der Waals surface area (Å²) in [5.74, 6) is -0.746. The molecule has 0 atom stereocenters. The second-order valence-electron chi connectivity index (χ2n) is 5.37. The van der Waals surface area contributed by atoms with Crippen molar-refractivity contribution in [2.45, 2.75) is 0 Å². The van der Waals surface area contributed by atoms with Crippen molar-refractivity contribution in [3.05, 3.63) is 77.4 Å². The van der Waals surface area contributed by atoms with Crippen molar-refractivity contribution in [2.24, 2.45) is 0 Å². The molecule has 1 aliphatic heterocycles. The van der Waals surface area contributed by atoms with Gasteiger partial charge in [-0.1, -0.05) is 36.4 Å². The number of anilines is 1. The Bertz CT molecular complexity index is 940. The Morgan fingerprint density at radius 3 is 2.00 bits per heavy atom. The van der Waals surface area contributed by atoms with Crippen molar-refractivity contribution in [3.8, 4) is 0 Å². The lowest BCUT2D eigenvalue weighted by Gasteiger charge is -2.27. The number of aldehydes is 1. The molecule has 0 radical (unpaired) electrons. The lowest BCUT2D eigenvalue weighted by Crippen LogP contribution is -2.40. The molecule has 0 saturated heterocycles. The lowest BCUT2D eigenvalue weighted by molar-refractivity contribution is 0.0892. The Labute approximate surface area is 132 Å². The zero-order chi connectivity index (χ0) is 16.0. The average Bonchev–Trinajstić information content (AvgIpc) is 2.60. The van der Waals surface area contributed by atoms with Crippen LogP contribution < -0.4 is 4.90 Å². The Kier molecular flexibility index (Phi) is 2.84. The first kappa shape index (κ1) is 13.4. The number of carbonyl (C=O) groups is 3. The van der Waals surface area contributed by atoms with E-state index in [1.807, 2.05) is 12.1 Å². The van der Waals surface area contributed by atoms with E-state index in [0.717, 1.165) is 10.3 Å². The topological polar surface area (TPSA) is 54.5 Å². The molecular weight excluding hydrogens is 290 g/mol. The summed E-state index contributed by atoms with van der Waals surface area (Å²) in [6, 6.07) is 17.3. The SMILES string of the molecule is O=Cc1cccc(N2C(=O)c3cccc4cccc(c34)C2=O)c1. The van der Waals surface area contributed by atoms with E-state index in [-0.39, 0.29) is 11.8 Å². The molecule has 110 valence electrons. The number of benzene rings is 3. The van der Waals surface area contributed by atoms with Crippen LogP contribution in [0.1, 0.15) is 31.1 Å². The van der Waals surface area contributed by atoms with E-state index in [9.17, 15) is 14.4 Å². The number of rotatable bonds is 2. The molecule has 0 saturated carbocycles. The Balaban J connectivity index is 1.97. The number of imide groups is 1. The summed E-state index contributed by atoms with van der Waals surface area (Å²) in [6.45, 7) is 0. The molecule has 3 aromatic rings. The number of hydrogen-bond donors (Lipinski definition) is 0. The van der Waals surface area contributed by atoms with Crippen LogP contribution in [0.25, 0.3) is 10.8 Å². The maximum atomic E-state index is 12.8. The molecule has 0 aliphatic carbocycles. The highest BCUT2D eigenvalue weighted by Gasteiger charge is 2.33. The second-order valence-corrected chi connectivity index (χ2v) is 5.37. The molecule has 3 aromatic carbocycles. The van der Waals surface area contributed by atoms with Crippen LogP contribution in [-0.2, 0) is 0 Å². The molecule has 0 aromatic heterocycles. The number of amides is 2. The highest BCUT2D eigenvalue weighted by molar-refractivity contribution is 6.35. The van der Waals surface area contributed by atoms with Crippen molar-refractivity contribution in [1.82, 2.24) is 0 Å². The number of carbonyl (C=O) groups excluding carboxylic acids is 3. The van der Waals surface area contributed by atoms with E-state index in [1.165, 1.54) is 6.07 Å². The summed E-state index contributed by atoms with van der Waals surface area (Å²) in [5, 5.41) is 1.55. The molecule has 2 amide bonds. The van der Waals surface area contributed by atoms with E-state index in [4.69, 9.17) is 0 Å². The van der Waals surface area contributed by atoms with Gasteiger partial charge in [0.2, 0.25) is 0 Å². The van der Waals surface area contributed by atoms with Gasteiger partial charge in [0.1, 0.15) is 6.29 Å². The molecule has 0 spiro atoms. The normalized spacial score (nSPS) is 13.5. The smallest absolute Gasteiger partial charge is 0.265 e. The van der Waals surface area contributed by atoms with Crippen LogP contribution in [-0.4, -0.2) is 18.1 Å². The molecule has 23 heavy (non-hydrogen) atoms. The minimum atomic E-state index is -0.373. The van der Waals surface area contributed by atoms with Crippen LogP contribution in [0.15, 0.2) is 60.7 Å². The quantitative estimate of drug-likeness (QED) is 0.538. The van der Waals surface area contributed by atoms with Crippen LogP contribution in [0.2, 0.25) is 0 Å². The van der Waals surface area contributed by atoms with Crippen LogP contribution >= 0.6 is 0 Å². The Hall–Kier alpha value is -3.27. The average molecular weight is 301 g/mol. The van der Waals surface area contributed by atoms with Gasteiger partial charge >= 0.3 is 0 Å². The third-order valence-electron chi connectivity index (χ3n) is 4.04. The summed E-state index contributed by atoms with van der Waals surface area (Å²) in [6.07, 6.45) is 0.692. The van der Waals surface area contributed by atoms with Gasteiger partial charge in [-0.05, 0) is 29.7 Å². The Morgan fingerprint density at radius 2 is 1.39 bits per heavy atom. The first-order chi connectivity index (χ1) is 11.2.